The minimum absolute atomic E-state index is 0.0216. The lowest BCUT2D eigenvalue weighted by molar-refractivity contribution is -0.174. The molecule has 3 rings (SSSR count). The van der Waals surface area contributed by atoms with E-state index < -0.39 is 30.5 Å². The molecule has 3 atom stereocenters. The lowest BCUT2D eigenvalue weighted by atomic mass is 10.0. The van der Waals surface area contributed by atoms with E-state index in [4.69, 9.17) is 14.2 Å². The second-order valence-electron chi connectivity index (χ2n) is 7.58. The predicted molar refractivity (Wildman–Crippen MR) is 122 cm³/mol. The molecular weight excluding hydrogens is 442 g/mol. The Labute approximate surface area is 197 Å². The van der Waals surface area contributed by atoms with Crippen LogP contribution in [0.5, 0.6) is 0 Å². The third kappa shape index (κ3) is 7.66. The van der Waals surface area contributed by atoms with Crippen molar-refractivity contribution >= 4 is 12.1 Å². The maximum absolute atomic E-state index is 13.5. The van der Waals surface area contributed by atoms with Crippen LogP contribution >= 0.6 is 0 Å². The minimum Gasteiger partial charge on any atom is -0.367 e. The number of ether oxygens (including phenoxy) is 3. The van der Waals surface area contributed by atoms with Crippen LogP contribution in [-0.2, 0) is 43.6 Å². The molecule has 0 N–H and O–H groups in total. The van der Waals surface area contributed by atoms with Gasteiger partial charge in [0.2, 0.25) is 5.78 Å². The summed E-state index contributed by atoms with van der Waals surface area (Å²) in [4.78, 5) is 24.5. The van der Waals surface area contributed by atoms with E-state index in [2.05, 4.69) is 0 Å². The SMILES string of the molecule is O=C[C@H](OCc1ccccc1)[C@@H](OCc1ccccc1)[C@H](OCc1ccccc1)C(=O)C(F)F. The lowest BCUT2D eigenvalue weighted by Crippen LogP contribution is -2.49. The summed E-state index contributed by atoms with van der Waals surface area (Å²) in [5.41, 5.74) is 2.20. The van der Waals surface area contributed by atoms with Crippen LogP contribution in [0.25, 0.3) is 0 Å². The molecule has 0 heterocycles. The van der Waals surface area contributed by atoms with Gasteiger partial charge in [-0.3, -0.25) is 4.79 Å². The second-order valence-corrected chi connectivity index (χ2v) is 7.58. The molecule has 0 saturated carbocycles. The van der Waals surface area contributed by atoms with Gasteiger partial charge in [-0.25, -0.2) is 8.78 Å². The molecule has 0 aliphatic heterocycles. The van der Waals surface area contributed by atoms with Crippen molar-refractivity contribution in [2.24, 2.45) is 0 Å². The van der Waals surface area contributed by atoms with E-state index in [1.54, 1.807) is 66.7 Å². The van der Waals surface area contributed by atoms with Gasteiger partial charge in [-0.15, -0.1) is 0 Å². The Morgan fingerprint density at radius 1 is 0.676 bits per heavy atom. The molecule has 178 valence electrons. The van der Waals surface area contributed by atoms with Crippen molar-refractivity contribution in [3.05, 3.63) is 108 Å². The number of carbonyl (C=O) groups is 2. The highest BCUT2D eigenvalue weighted by Crippen LogP contribution is 2.20. The number of benzene rings is 3. The van der Waals surface area contributed by atoms with Crippen molar-refractivity contribution in [1.82, 2.24) is 0 Å². The third-order valence-corrected chi connectivity index (χ3v) is 5.09. The van der Waals surface area contributed by atoms with Gasteiger partial charge in [0, 0.05) is 0 Å². The lowest BCUT2D eigenvalue weighted by Gasteiger charge is -2.30. The summed E-state index contributed by atoms with van der Waals surface area (Å²) >= 11 is 0. The maximum Gasteiger partial charge on any atom is 0.298 e. The van der Waals surface area contributed by atoms with Crippen molar-refractivity contribution in [2.75, 3.05) is 0 Å². The van der Waals surface area contributed by atoms with Crippen LogP contribution in [0.1, 0.15) is 16.7 Å². The fourth-order valence-electron chi connectivity index (χ4n) is 3.32. The van der Waals surface area contributed by atoms with Crippen LogP contribution in [0.3, 0.4) is 0 Å². The van der Waals surface area contributed by atoms with E-state index in [0.717, 1.165) is 11.1 Å². The molecule has 7 heteroatoms. The van der Waals surface area contributed by atoms with Crippen molar-refractivity contribution in [3.8, 4) is 0 Å². The van der Waals surface area contributed by atoms with E-state index in [1.807, 2.05) is 24.3 Å². The molecule has 0 amide bonds. The van der Waals surface area contributed by atoms with E-state index >= 15 is 0 Å². The summed E-state index contributed by atoms with van der Waals surface area (Å²) in [5.74, 6) is -1.47. The van der Waals surface area contributed by atoms with Gasteiger partial charge in [-0.2, -0.15) is 0 Å². The zero-order valence-corrected chi connectivity index (χ0v) is 18.5. The van der Waals surface area contributed by atoms with Gasteiger partial charge in [0.15, 0.2) is 12.4 Å². The highest BCUT2D eigenvalue weighted by molar-refractivity contribution is 5.87. The van der Waals surface area contributed by atoms with E-state index in [-0.39, 0.29) is 19.8 Å². The fourth-order valence-corrected chi connectivity index (χ4v) is 3.32. The Bertz CT molecular complexity index is 999. The molecule has 0 aromatic heterocycles. The van der Waals surface area contributed by atoms with Gasteiger partial charge in [0.1, 0.15) is 12.2 Å². The van der Waals surface area contributed by atoms with Crippen molar-refractivity contribution in [3.63, 3.8) is 0 Å². The molecule has 0 aliphatic rings. The number of alkyl halides is 2. The van der Waals surface area contributed by atoms with Crippen LogP contribution in [0, 0.1) is 0 Å². The molecule has 34 heavy (non-hydrogen) atoms. The average Bonchev–Trinajstić information content (AvgIpc) is 2.88. The molecule has 3 aromatic rings. The summed E-state index contributed by atoms with van der Waals surface area (Å²) in [6.45, 7) is -0.102. The van der Waals surface area contributed by atoms with Crippen LogP contribution in [0.4, 0.5) is 8.78 Å². The van der Waals surface area contributed by atoms with Crippen LogP contribution in [0.2, 0.25) is 0 Å². The van der Waals surface area contributed by atoms with E-state index in [0.29, 0.717) is 11.8 Å². The molecule has 3 aromatic carbocycles. The van der Waals surface area contributed by atoms with Gasteiger partial charge in [-0.1, -0.05) is 91.0 Å². The van der Waals surface area contributed by atoms with E-state index in [9.17, 15) is 18.4 Å². The Hall–Kier alpha value is -3.26. The number of carbonyl (C=O) groups excluding carboxylic acids is 2. The standard InChI is InChI=1S/C27H26F2O5/c28-27(29)24(31)26(34-19-22-14-8-3-9-15-22)25(33-18-21-12-6-2-7-13-21)23(16-30)32-17-20-10-4-1-5-11-20/h1-16,23,25-27H,17-19H2/t23-,25+,26+/m0/s1. The van der Waals surface area contributed by atoms with Crippen LogP contribution < -0.4 is 0 Å². The number of Topliss-reactive ketones (excluding diaryl/α,β-unsaturated/α-hetero) is 1. The van der Waals surface area contributed by atoms with Crippen LogP contribution in [-0.4, -0.2) is 36.8 Å². The topological polar surface area (TPSA) is 61.8 Å². The maximum atomic E-state index is 13.5. The Morgan fingerprint density at radius 2 is 1.09 bits per heavy atom. The monoisotopic (exact) mass is 468 g/mol. The molecule has 5 nitrogen and oxygen atoms in total. The third-order valence-electron chi connectivity index (χ3n) is 5.09. The zero-order chi connectivity index (χ0) is 24.2. The summed E-state index contributed by atoms with van der Waals surface area (Å²) in [5, 5.41) is 0. The zero-order valence-electron chi connectivity index (χ0n) is 18.5. The van der Waals surface area contributed by atoms with Gasteiger partial charge >= 0.3 is 0 Å². The highest BCUT2D eigenvalue weighted by atomic mass is 19.3. The quantitative estimate of drug-likeness (QED) is 0.319. The first-order valence-electron chi connectivity index (χ1n) is 10.8. The number of hydrogen-bond donors (Lipinski definition) is 0. The number of halogens is 2. The smallest absolute Gasteiger partial charge is 0.298 e. The first-order valence-corrected chi connectivity index (χ1v) is 10.8. The number of aldehydes is 1. The summed E-state index contributed by atoms with van der Waals surface area (Å²) in [7, 11) is 0. The van der Waals surface area contributed by atoms with E-state index in [1.165, 1.54) is 0 Å². The number of rotatable bonds is 14. The van der Waals surface area contributed by atoms with Gasteiger partial charge in [0.05, 0.1) is 19.8 Å². The van der Waals surface area contributed by atoms with Crippen molar-refractivity contribution in [1.29, 1.82) is 0 Å². The molecule has 0 fully saturated rings. The second kappa shape index (κ2) is 13.4. The Morgan fingerprint density at radius 3 is 1.50 bits per heavy atom. The van der Waals surface area contributed by atoms with Crippen molar-refractivity contribution < 1.29 is 32.6 Å². The molecule has 0 saturated heterocycles. The predicted octanol–water partition coefficient (Wildman–Crippen LogP) is 4.78. The molecular formula is C27H26F2O5. The Kier molecular flexibility index (Phi) is 10.0. The highest BCUT2D eigenvalue weighted by Gasteiger charge is 2.40. The molecule has 0 bridgehead atoms. The number of hydrogen-bond acceptors (Lipinski definition) is 5. The normalized spacial score (nSPS) is 13.9. The summed E-state index contributed by atoms with van der Waals surface area (Å²) < 4.78 is 44.3. The number of ketones is 1. The van der Waals surface area contributed by atoms with Gasteiger partial charge < -0.3 is 19.0 Å². The average molecular weight is 468 g/mol. The largest absolute Gasteiger partial charge is 0.367 e. The first kappa shape index (κ1) is 25.4. The molecule has 0 radical (unpaired) electrons. The minimum atomic E-state index is -3.30. The summed E-state index contributed by atoms with van der Waals surface area (Å²) in [6, 6.07) is 26.9. The fraction of sp³-hybridized carbons (Fsp3) is 0.259. The molecule has 0 aliphatic carbocycles. The Balaban J connectivity index is 1.83. The van der Waals surface area contributed by atoms with Crippen LogP contribution in [0.15, 0.2) is 91.0 Å². The van der Waals surface area contributed by atoms with Crippen molar-refractivity contribution in [2.45, 2.75) is 44.6 Å². The first-order chi connectivity index (χ1) is 16.6. The van der Waals surface area contributed by atoms with Gasteiger partial charge in [-0.05, 0) is 16.7 Å². The molecule has 0 spiro atoms. The summed E-state index contributed by atoms with van der Waals surface area (Å²) in [6.07, 6.45) is -7.25. The van der Waals surface area contributed by atoms with Gasteiger partial charge in [0.25, 0.3) is 6.43 Å². The molecule has 0 unspecified atom stereocenters.